The highest BCUT2D eigenvalue weighted by molar-refractivity contribution is 5.32. The van der Waals surface area contributed by atoms with Crippen LogP contribution in [0.2, 0.25) is 0 Å². The Kier molecular flexibility index (Phi) is 1.93. The molecule has 1 N–H and O–H groups in total. The summed E-state index contributed by atoms with van der Waals surface area (Å²) in [6.07, 6.45) is -2.18. The molecule has 60 valence electrons. The quantitative estimate of drug-likeness (QED) is 0.636. The van der Waals surface area contributed by atoms with Crippen LogP contribution >= 0.6 is 0 Å². The van der Waals surface area contributed by atoms with Gasteiger partial charge in [-0.25, -0.2) is 9.97 Å². The number of aromatic nitrogens is 2. The molecule has 0 aromatic carbocycles. The predicted octanol–water partition coefficient (Wildman–Crippen LogP) is 1.41. The van der Waals surface area contributed by atoms with Crippen molar-refractivity contribution >= 4 is 5.82 Å². The monoisotopic (exact) mass is 163 g/mol. The number of rotatable bonds is 1. The Morgan fingerprint density at radius 3 is 2.55 bits per heavy atom. The van der Waals surface area contributed by atoms with E-state index in [4.69, 9.17) is 0 Å². The number of nitrogens with zero attached hydrogens (tertiary/aromatic N) is 2. The zero-order chi connectivity index (χ0) is 8.32. The van der Waals surface area contributed by atoms with Gasteiger partial charge in [0.1, 0.15) is 12.1 Å². The van der Waals surface area contributed by atoms with Crippen molar-refractivity contribution in [3.05, 3.63) is 18.6 Å². The van der Waals surface area contributed by atoms with Gasteiger partial charge in [-0.1, -0.05) is 0 Å². The van der Waals surface area contributed by atoms with Crippen molar-refractivity contribution < 1.29 is 13.2 Å². The third kappa shape index (κ3) is 2.83. The second kappa shape index (κ2) is 2.73. The van der Waals surface area contributed by atoms with Gasteiger partial charge in [-0.05, 0) is 6.07 Å². The molecule has 1 aromatic rings. The highest BCUT2D eigenvalue weighted by atomic mass is 19.4. The SMILES string of the molecule is FC(F)(F)Nc1ccncn1. The summed E-state index contributed by atoms with van der Waals surface area (Å²) in [5, 5.41) is 1.23. The van der Waals surface area contributed by atoms with Gasteiger partial charge in [0.2, 0.25) is 0 Å². The maximum atomic E-state index is 11.6. The lowest BCUT2D eigenvalue weighted by Crippen LogP contribution is -2.21. The molecule has 1 aromatic heterocycles. The molecule has 1 heterocycles. The Labute approximate surface area is 60.3 Å². The van der Waals surface area contributed by atoms with E-state index in [1.807, 2.05) is 0 Å². The number of hydrogen-bond acceptors (Lipinski definition) is 3. The Balaban J connectivity index is 2.66. The van der Waals surface area contributed by atoms with Crippen LogP contribution in [-0.2, 0) is 0 Å². The first-order valence-corrected chi connectivity index (χ1v) is 2.69. The Morgan fingerprint density at radius 1 is 1.36 bits per heavy atom. The van der Waals surface area contributed by atoms with Gasteiger partial charge in [0.25, 0.3) is 0 Å². The number of alkyl halides is 3. The van der Waals surface area contributed by atoms with Crippen LogP contribution in [0.15, 0.2) is 18.6 Å². The minimum Gasteiger partial charge on any atom is -0.282 e. The summed E-state index contributed by atoms with van der Waals surface area (Å²) in [4.78, 5) is 6.78. The predicted molar refractivity (Wildman–Crippen MR) is 31.7 cm³/mol. The van der Waals surface area contributed by atoms with Crippen molar-refractivity contribution in [2.45, 2.75) is 6.30 Å². The van der Waals surface area contributed by atoms with Crippen molar-refractivity contribution in [1.29, 1.82) is 0 Å². The summed E-state index contributed by atoms with van der Waals surface area (Å²) in [5.41, 5.74) is 0. The molecule has 0 atom stereocenters. The van der Waals surface area contributed by atoms with E-state index >= 15 is 0 Å². The summed E-state index contributed by atoms with van der Waals surface area (Å²) < 4.78 is 34.7. The topological polar surface area (TPSA) is 37.8 Å². The van der Waals surface area contributed by atoms with Crippen LogP contribution in [-0.4, -0.2) is 16.3 Å². The number of anilines is 1. The summed E-state index contributed by atoms with van der Waals surface area (Å²) in [7, 11) is 0. The molecule has 0 amide bonds. The van der Waals surface area contributed by atoms with Crippen LogP contribution < -0.4 is 5.32 Å². The average Bonchev–Trinajstić information content (AvgIpc) is 1.85. The summed E-state index contributed by atoms with van der Waals surface area (Å²) in [6.45, 7) is 0. The normalized spacial score (nSPS) is 11.2. The molecule has 0 unspecified atom stereocenters. The first-order chi connectivity index (χ1) is 5.08. The molecule has 0 saturated heterocycles. The van der Waals surface area contributed by atoms with E-state index < -0.39 is 6.30 Å². The Hall–Kier alpha value is -1.33. The van der Waals surface area contributed by atoms with Crippen molar-refractivity contribution in [2.24, 2.45) is 0 Å². The van der Waals surface area contributed by atoms with Crippen molar-refractivity contribution in [1.82, 2.24) is 9.97 Å². The van der Waals surface area contributed by atoms with Gasteiger partial charge in [-0.15, -0.1) is 0 Å². The maximum absolute atomic E-state index is 11.6. The summed E-state index contributed by atoms with van der Waals surface area (Å²) in [5.74, 6) is -0.257. The smallest absolute Gasteiger partial charge is 0.282 e. The van der Waals surface area contributed by atoms with E-state index in [1.54, 1.807) is 0 Å². The lowest BCUT2D eigenvalue weighted by atomic mass is 10.6. The molecular weight excluding hydrogens is 159 g/mol. The molecule has 0 saturated carbocycles. The molecule has 0 fully saturated rings. The molecule has 0 spiro atoms. The van der Waals surface area contributed by atoms with E-state index in [1.165, 1.54) is 11.5 Å². The van der Waals surface area contributed by atoms with Gasteiger partial charge >= 0.3 is 6.30 Å². The van der Waals surface area contributed by atoms with Crippen LogP contribution in [0, 0.1) is 0 Å². The van der Waals surface area contributed by atoms with Crippen molar-refractivity contribution in [2.75, 3.05) is 5.32 Å². The second-order valence-corrected chi connectivity index (χ2v) is 1.72. The minimum atomic E-state index is -4.44. The van der Waals surface area contributed by atoms with Crippen LogP contribution in [0.5, 0.6) is 0 Å². The molecule has 11 heavy (non-hydrogen) atoms. The second-order valence-electron chi connectivity index (χ2n) is 1.72. The fraction of sp³-hybridized carbons (Fsp3) is 0.200. The zero-order valence-electron chi connectivity index (χ0n) is 5.26. The summed E-state index contributed by atoms with van der Waals surface area (Å²) in [6, 6.07) is 1.13. The van der Waals surface area contributed by atoms with Gasteiger partial charge in [0, 0.05) is 6.20 Å². The van der Waals surface area contributed by atoms with E-state index in [-0.39, 0.29) is 5.82 Å². The Morgan fingerprint density at radius 2 is 2.09 bits per heavy atom. The molecule has 3 nitrogen and oxygen atoms in total. The van der Waals surface area contributed by atoms with E-state index in [2.05, 4.69) is 9.97 Å². The lowest BCUT2D eigenvalue weighted by molar-refractivity contribution is -0.100. The average molecular weight is 163 g/mol. The first kappa shape index (κ1) is 7.77. The molecule has 0 aliphatic heterocycles. The third-order valence-electron chi connectivity index (χ3n) is 0.852. The third-order valence-corrected chi connectivity index (χ3v) is 0.852. The molecular formula is C5H4F3N3. The van der Waals surface area contributed by atoms with Gasteiger partial charge in [0.05, 0.1) is 0 Å². The number of halogens is 3. The molecule has 0 radical (unpaired) electrons. The highest BCUT2D eigenvalue weighted by Crippen LogP contribution is 2.16. The minimum absolute atomic E-state index is 0.257. The number of hydrogen-bond donors (Lipinski definition) is 1. The fourth-order valence-corrected chi connectivity index (χ4v) is 0.510. The molecule has 0 bridgehead atoms. The van der Waals surface area contributed by atoms with E-state index in [0.29, 0.717) is 0 Å². The fourth-order valence-electron chi connectivity index (χ4n) is 0.510. The highest BCUT2D eigenvalue weighted by Gasteiger charge is 2.27. The van der Waals surface area contributed by atoms with Gasteiger partial charge in [-0.2, -0.15) is 13.2 Å². The first-order valence-electron chi connectivity index (χ1n) is 2.69. The van der Waals surface area contributed by atoms with Crippen LogP contribution in [0.1, 0.15) is 0 Å². The molecule has 0 aliphatic rings. The lowest BCUT2D eigenvalue weighted by Gasteiger charge is -2.07. The summed E-state index contributed by atoms with van der Waals surface area (Å²) >= 11 is 0. The molecule has 0 aliphatic carbocycles. The van der Waals surface area contributed by atoms with Gasteiger partial charge in [0.15, 0.2) is 0 Å². The zero-order valence-corrected chi connectivity index (χ0v) is 5.26. The largest absolute Gasteiger partial charge is 0.483 e. The Bertz CT molecular complexity index is 220. The molecule has 6 heteroatoms. The standard InChI is InChI=1S/C5H4F3N3/c6-5(7,8)11-4-1-2-9-3-10-4/h1-3H,(H,9,10,11). The van der Waals surface area contributed by atoms with E-state index in [0.717, 1.165) is 12.4 Å². The van der Waals surface area contributed by atoms with Crippen LogP contribution in [0.3, 0.4) is 0 Å². The van der Waals surface area contributed by atoms with Gasteiger partial charge in [-0.3, -0.25) is 5.32 Å². The van der Waals surface area contributed by atoms with Gasteiger partial charge < -0.3 is 0 Å². The maximum Gasteiger partial charge on any atom is 0.483 e. The van der Waals surface area contributed by atoms with Crippen molar-refractivity contribution in [3.63, 3.8) is 0 Å². The van der Waals surface area contributed by atoms with Crippen LogP contribution in [0.4, 0.5) is 19.0 Å². The van der Waals surface area contributed by atoms with Crippen LogP contribution in [0.25, 0.3) is 0 Å². The van der Waals surface area contributed by atoms with E-state index in [9.17, 15) is 13.2 Å². The van der Waals surface area contributed by atoms with Crippen molar-refractivity contribution in [3.8, 4) is 0 Å². The number of nitrogens with one attached hydrogen (secondary N) is 1. The molecule has 1 rings (SSSR count).